The number of hydrogen-bond donors (Lipinski definition) is 1. The van der Waals surface area contributed by atoms with E-state index in [9.17, 15) is 4.79 Å². The molecule has 3 aromatic heterocycles. The van der Waals surface area contributed by atoms with Gasteiger partial charge in [-0.05, 0) is 19.2 Å². The zero-order chi connectivity index (χ0) is 18.4. The molecular formula is C19H20N6O2. The van der Waals surface area contributed by atoms with Crippen molar-refractivity contribution < 1.29 is 9.21 Å². The van der Waals surface area contributed by atoms with Crippen LogP contribution in [0.25, 0.3) is 11.5 Å². The van der Waals surface area contributed by atoms with Crippen molar-refractivity contribution in [1.29, 1.82) is 0 Å². The molecule has 0 saturated carbocycles. The summed E-state index contributed by atoms with van der Waals surface area (Å²) in [5, 5.41) is 7.37. The maximum atomic E-state index is 13.1. The molecule has 1 N–H and O–H groups in total. The zero-order valence-corrected chi connectivity index (χ0v) is 15.1. The number of carbonyl (C=O) groups is 1. The summed E-state index contributed by atoms with van der Waals surface area (Å²) in [7, 11) is 2.06. The highest BCUT2D eigenvalue weighted by Crippen LogP contribution is 2.27. The summed E-state index contributed by atoms with van der Waals surface area (Å²) in [6, 6.07) is 3.77. The monoisotopic (exact) mass is 364 g/mol. The summed E-state index contributed by atoms with van der Waals surface area (Å²) in [4.78, 5) is 25.8. The van der Waals surface area contributed by atoms with E-state index in [4.69, 9.17) is 4.42 Å². The first-order chi connectivity index (χ1) is 13.2. The molecule has 27 heavy (non-hydrogen) atoms. The van der Waals surface area contributed by atoms with Crippen LogP contribution in [0, 0.1) is 0 Å². The molecule has 0 bridgehead atoms. The van der Waals surface area contributed by atoms with E-state index < -0.39 is 0 Å². The van der Waals surface area contributed by atoms with Gasteiger partial charge in [0.2, 0.25) is 5.89 Å². The van der Waals surface area contributed by atoms with Crippen LogP contribution in [0.3, 0.4) is 0 Å². The molecule has 8 nitrogen and oxygen atoms in total. The van der Waals surface area contributed by atoms with Crippen LogP contribution in [0.5, 0.6) is 0 Å². The number of aromatic nitrogens is 4. The van der Waals surface area contributed by atoms with Crippen LogP contribution in [0.4, 0.5) is 0 Å². The van der Waals surface area contributed by atoms with Crippen molar-refractivity contribution in [3.8, 4) is 11.5 Å². The zero-order valence-electron chi connectivity index (χ0n) is 15.1. The van der Waals surface area contributed by atoms with Gasteiger partial charge in [0.1, 0.15) is 11.5 Å². The molecule has 0 saturated heterocycles. The van der Waals surface area contributed by atoms with Gasteiger partial charge in [-0.3, -0.25) is 14.9 Å². The van der Waals surface area contributed by atoms with Gasteiger partial charge >= 0.3 is 0 Å². The third-order valence-electron chi connectivity index (χ3n) is 5.25. The molecule has 5 heterocycles. The Morgan fingerprint density at radius 2 is 2.19 bits per heavy atom. The number of aromatic amines is 1. The highest BCUT2D eigenvalue weighted by molar-refractivity contribution is 5.94. The van der Waals surface area contributed by atoms with E-state index in [1.54, 1.807) is 12.4 Å². The number of pyridine rings is 1. The summed E-state index contributed by atoms with van der Waals surface area (Å²) in [6.07, 6.45) is 5.00. The Morgan fingerprint density at radius 3 is 3.04 bits per heavy atom. The maximum Gasteiger partial charge on any atom is 0.275 e. The normalized spacial score (nSPS) is 16.9. The summed E-state index contributed by atoms with van der Waals surface area (Å²) in [5.41, 5.74) is 4.30. The van der Waals surface area contributed by atoms with E-state index in [0.717, 1.165) is 47.8 Å². The van der Waals surface area contributed by atoms with Crippen LogP contribution in [0.15, 0.2) is 28.9 Å². The lowest BCUT2D eigenvalue weighted by atomic mass is 10.0. The Kier molecular flexibility index (Phi) is 3.78. The number of H-pyrrole nitrogens is 1. The number of oxazole rings is 1. The molecular weight excluding hydrogens is 344 g/mol. The first-order valence-corrected chi connectivity index (χ1v) is 9.12. The predicted molar refractivity (Wildman–Crippen MR) is 96.8 cm³/mol. The van der Waals surface area contributed by atoms with Crippen molar-refractivity contribution >= 4 is 5.91 Å². The van der Waals surface area contributed by atoms with Gasteiger partial charge in [0.15, 0.2) is 5.69 Å². The standard InChI is InChI=1S/C19H20N6O2/c1-24-7-4-14-13(10-24)17(23-22-14)19(26)25-8-5-16-15(11-25)21-18(27-16)12-3-2-6-20-9-12/h2-3,6,9H,4-5,7-8,10-11H2,1H3,(H,22,23). The molecule has 2 aliphatic heterocycles. The maximum absolute atomic E-state index is 13.1. The van der Waals surface area contributed by atoms with Crippen LogP contribution in [0.2, 0.25) is 0 Å². The Balaban J connectivity index is 1.39. The minimum atomic E-state index is -0.0422. The summed E-state index contributed by atoms with van der Waals surface area (Å²) < 4.78 is 5.90. The molecule has 0 spiro atoms. The first-order valence-electron chi connectivity index (χ1n) is 9.12. The van der Waals surface area contributed by atoms with Gasteiger partial charge in [-0.1, -0.05) is 0 Å². The van der Waals surface area contributed by atoms with Crippen molar-refractivity contribution in [2.45, 2.75) is 25.9 Å². The lowest BCUT2D eigenvalue weighted by Crippen LogP contribution is -2.37. The summed E-state index contributed by atoms with van der Waals surface area (Å²) in [5.74, 6) is 1.36. The lowest BCUT2D eigenvalue weighted by Gasteiger charge is -2.26. The summed E-state index contributed by atoms with van der Waals surface area (Å²) in [6.45, 7) is 2.77. The van der Waals surface area contributed by atoms with Gasteiger partial charge in [-0.2, -0.15) is 5.10 Å². The number of amides is 1. The number of fused-ring (bicyclic) bond motifs is 2. The van der Waals surface area contributed by atoms with Gasteiger partial charge in [0.05, 0.1) is 12.1 Å². The van der Waals surface area contributed by atoms with Gasteiger partial charge in [-0.25, -0.2) is 4.98 Å². The van der Waals surface area contributed by atoms with Gasteiger partial charge < -0.3 is 14.2 Å². The van der Waals surface area contributed by atoms with Gasteiger partial charge in [0, 0.05) is 56.1 Å². The van der Waals surface area contributed by atoms with Crippen LogP contribution >= 0.6 is 0 Å². The molecule has 8 heteroatoms. The van der Waals surface area contributed by atoms with Crippen molar-refractivity contribution in [2.24, 2.45) is 0 Å². The fraction of sp³-hybridized carbons (Fsp3) is 0.368. The minimum absolute atomic E-state index is 0.0422. The van der Waals surface area contributed by atoms with Crippen LogP contribution < -0.4 is 0 Å². The molecule has 0 radical (unpaired) electrons. The molecule has 0 atom stereocenters. The highest BCUT2D eigenvalue weighted by Gasteiger charge is 2.31. The quantitative estimate of drug-likeness (QED) is 0.743. The highest BCUT2D eigenvalue weighted by atomic mass is 16.4. The Hall–Kier alpha value is -3.00. The molecule has 2 aliphatic rings. The number of carbonyl (C=O) groups excluding carboxylic acids is 1. The Morgan fingerprint density at radius 1 is 1.26 bits per heavy atom. The molecule has 0 unspecified atom stereocenters. The minimum Gasteiger partial charge on any atom is -0.441 e. The Bertz CT molecular complexity index is 993. The molecule has 3 aromatic rings. The molecule has 1 amide bonds. The fourth-order valence-corrected chi connectivity index (χ4v) is 3.74. The number of rotatable bonds is 2. The van der Waals surface area contributed by atoms with E-state index in [-0.39, 0.29) is 5.91 Å². The number of likely N-dealkylation sites (N-methyl/N-ethyl adjacent to an activating group) is 1. The SMILES string of the molecule is CN1CCc2[nH]nc(C(=O)N3CCc4oc(-c5cccnc5)nc4C3)c2C1. The van der Waals surface area contributed by atoms with Gasteiger partial charge in [0.25, 0.3) is 5.91 Å². The third-order valence-corrected chi connectivity index (χ3v) is 5.25. The van der Waals surface area contributed by atoms with E-state index in [0.29, 0.717) is 31.1 Å². The number of nitrogens with zero attached hydrogens (tertiary/aromatic N) is 5. The topological polar surface area (TPSA) is 91.2 Å². The van der Waals surface area contributed by atoms with E-state index in [1.807, 2.05) is 17.0 Å². The second-order valence-corrected chi connectivity index (χ2v) is 7.12. The number of nitrogens with one attached hydrogen (secondary N) is 1. The van der Waals surface area contributed by atoms with Crippen LogP contribution in [-0.4, -0.2) is 56.0 Å². The van der Waals surface area contributed by atoms with Gasteiger partial charge in [-0.15, -0.1) is 0 Å². The molecule has 138 valence electrons. The summed E-state index contributed by atoms with van der Waals surface area (Å²) >= 11 is 0. The lowest BCUT2D eigenvalue weighted by molar-refractivity contribution is 0.0719. The van der Waals surface area contributed by atoms with Crippen molar-refractivity contribution in [1.82, 2.24) is 30.0 Å². The molecule has 0 aromatic carbocycles. The largest absolute Gasteiger partial charge is 0.441 e. The van der Waals surface area contributed by atoms with E-state index in [1.165, 1.54) is 0 Å². The number of hydrogen-bond acceptors (Lipinski definition) is 6. The fourth-order valence-electron chi connectivity index (χ4n) is 3.74. The molecule has 0 aliphatic carbocycles. The van der Waals surface area contributed by atoms with E-state index in [2.05, 4.69) is 32.1 Å². The van der Waals surface area contributed by atoms with Crippen molar-refractivity contribution in [2.75, 3.05) is 20.1 Å². The molecule has 0 fully saturated rings. The predicted octanol–water partition coefficient (Wildman–Crippen LogP) is 1.65. The second kappa shape index (κ2) is 6.31. The van der Waals surface area contributed by atoms with Crippen LogP contribution in [-0.2, 0) is 25.9 Å². The Labute approximate surface area is 156 Å². The average Bonchev–Trinajstić information content (AvgIpc) is 3.31. The molecule has 5 rings (SSSR count). The van der Waals surface area contributed by atoms with Crippen molar-refractivity contribution in [3.05, 3.63) is 52.9 Å². The second-order valence-electron chi connectivity index (χ2n) is 7.12. The van der Waals surface area contributed by atoms with E-state index >= 15 is 0 Å². The smallest absolute Gasteiger partial charge is 0.275 e. The first kappa shape index (κ1) is 16.2. The average molecular weight is 364 g/mol. The third kappa shape index (κ3) is 2.82. The van der Waals surface area contributed by atoms with Crippen LogP contribution in [0.1, 0.15) is 33.2 Å². The van der Waals surface area contributed by atoms with Crippen molar-refractivity contribution in [3.63, 3.8) is 0 Å².